The van der Waals surface area contributed by atoms with Crippen molar-refractivity contribution in [2.75, 3.05) is 12.8 Å². The maximum atomic E-state index is 12.1. The number of imidazole rings is 1. The van der Waals surface area contributed by atoms with E-state index >= 15 is 0 Å². The van der Waals surface area contributed by atoms with Crippen molar-refractivity contribution in [3.05, 3.63) is 30.1 Å². The number of carboxylic acids is 1. The van der Waals surface area contributed by atoms with Crippen molar-refractivity contribution < 1.29 is 19.8 Å². The molecular weight excluding hydrogens is 318 g/mol. The van der Waals surface area contributed by atoms with E-state index in [-0.39, 0.29) is 19.0 Å². The number of hydrogen-bond acceptors (Lipinski definition) is 5. The van der Waals surface area contributed by atoms with Crippen molar-refractivity contribution >= 4 is 34.7 Å². The number of nitrogens with one attached hydrogen (secondary N) is 1. The van der Waals surface area contributed by atoms with Crippen molar-refractivity contribution in [1.29, 1.82) is 0 Å². The van der Waals surface area contributed by atoms with Gasteiger partial charge >= 0.3 is 5.97 Å². The van der Waals surface area contributed by atoms with Crippen LogP contribution in [0.2, 0.25) is 0 Å². The normalized spacial score (nSPS) is 13.7. The fraction of sp³-hybridized carbons (Fsp3) is 0.400. The number of carbonyl (C=O) groups is 2. The molecule has 0 spiro atoms. The highest BCUT2D eigenvalue weighted by Crippen LogP contribution is 2.18. The Morgan fingerprint density at radius 2 is 2.09 bits per heavy atom. The Hall–Kier alpha value is -2.06. The van der Waals surface area contributed by atoms with Gasteiger partial charge in [0.1, 0.15) is 12.4 Å². The number of thioether (sulfide) groups is 1. The van der Waals surface area contributed by atoms with Gasteiger partial charge in [0.2, 0.25) is 5.91 Å². The van der Waals surface area contributed by atoms with Gasteiger partial charge in [-0.05, 0) is 25.3 Å². The first-order valence-corrected chi connectivity index (χ1v) is 8.40. The zero-order chi connectivity index (χ0) is 17.0. The van der Waals surface area contributed by atoms with Crippen LogP contribution in [0.1, 0.15) is 12.7 Å². The Morgan fingerprint density at radius 3 is 2.74 bits per heavy atom. The van der Waals surface area contributed by atoms with E-state index in [0.29, 0.717) is 5.75 Å². The lowest BCUT2D eigenvalue weighted by atomic mass is 10.1. The van der Waals surface area contributed by atoms with Crippen molar-refractivity contribution in [2.45, 2.75) is 24.8 Å². The van der Waals surface area contributed by atoms with E-state index in [9.17, 15) is 14.7 Å². The van der Waals surface area contributed by atoms with Gasteiger partial charge in [0.25, 0.3) is 0 Å². The smallest absolute Gasteiger partial charge is 0.337 e. The van der Waals surface area contributed by atoms with Crippen LogP contribution < -0.4 is 5.32 Å². The molecule has 2 aromatic rings. The van der Waals surface area contributed by atoms with Gasteiger partial charge in [-0.1, -0.05) is 12.1 Å². The SMILES string of the molecule is CSCc1nc2ccccc2n1CC(=O)NCC(C)(O)C(=O)O. The summed E-state index contributed by atoms with van der Waals surface area (Å²) in [6, 6.07) is 7.51. The molecule has 0 saturated heterocycles. The first kappa shape index (κ1) is 17.3. The fourth-order valence-electron chi connectivity index (χ4n) is 2.09. The maximum absolute atomic E-state index is 12.1. The Bertz CT molecular complexity index is 727. The standard InChI is InChI=1S/C15H19N3O4S/c1-15(22,14(20)21)9-16-13(19)7-18-11-6-4-3-5-10(11)17-12(18)8-23-2/h3-6,22H,7-9H2,1-2H3,(H,16,19)(H,20,21). The van der Waals surface area contributed by atoms with Gasteiger partial charge in [0.05, 0.1) is 23.3 Å². The lowest BCUT2D eigenvalue weighted by Gasteiger charge is -2.18. The van der Waals surface area contributed by atoms with Gasteiger partial charge in [-0.15, -0.1) is 0 Å². The monoisotopic (exact) mass is 337 g/mol. The minimum atomic E-state index is -1.99. The number of rotatable bonds is 7. The molecule has 0 aliphatic carbocycles. The van der Waals surface area contributed by atoms with Crippen LogP contribution in [0.3, 0.4) is 0 Å². The van der Waals surface area contributed by atoms with Crippen LogP contribution in [0, 0.1) is 0 Å². The molecule has 0 aliphatic heterocycles. The summed E-state index contributed by atoms with van der Waals surface area (Å²) < 4.78 is 1.80. The number of carboxylic acid groups (broad SMARTS) is 1. The van der Waals surface area contributed by atoms with E-state index in [0.717, 1.165) is 23.8 Å². The zero-order valence-corrected chi connectivity index (χ0v) is 13.8. The predicted octanol–water partition coefficient (Wildman–Crippen LogP) is 0.851. The molecule has 7 nitrogen and oxygen atoms in total. The number of aromatic nitrogens is 2. The Morgan fingerprint density at radius 1 is 1.39 bits per heavy atom. The van der Waals surface area contributed by atoms with Crippen LogP contribution in [-0.4, -0.2) is 50.0 Å². The van der Waals surface area contributed by atoms with Gasteiger partial charge in [-0.2, -0.15) is 11.8 Å². The Kier molecular flexibility index (Phi) is 5.27. The van der Waals surface area contributed by atoms with E-state index < -0.39 is 11.6 Å². The molecule has 0 bridgehead atoms. The van der Waals surface area contributed by atoms with Crippen LogP contribution >= 0.6 is 11.8 Å². The van der Waals surface area contributed by atoms with Gasteiger partial charge < -0.3 is 20.1 Å². The molecule has 2 rings (SSSR count). The molecule has 0 radical (unpaired) electrons. The summed E-state index contributed by atoms with van der Waals surface area (Å²) in [6.45, 7) is 0.805. The second-order valence-corrected chi connectivity index (χ2v) is 6.26. The van der Waals surface area contributed by atoms with Crippen LogP contribution in [0.5, 0.6) is 0 Å². The Labute approximate surface area is 137 Å². The van der Waals surface area contributed by atoms with Crippen molar-refractivity contribution in [3.8, 4) is 0 Å². The molecule has 124 valence electrons. The highest BCUT2D eigenvalue weighted by atomic mass is 32.2. The first-order chi connectivity index (χ1) is 10.8. The molecule has 1 unspecified atom stereocenters. The number of nitrogens with zero attached hydrogens (tertiary/aromatic N) is 2. The molecule has 1 amide bonds. The fourth-order valence-corrected chi connectivity index (χ4v) is 2.57. The molecular formula is C15H19N3O4S. The lowest BCUT2D eigenvalue weighted by Crippen LogP contribution is -2.47. The zero-order valence-electron chi connectivity index (χ0n) is 12.9. The van der Waals surface area contributed by atoms with Gasteiger partial charge in [-0.3, -0.25) is 4.79 Å². The van der Waals surface area contributed by atoms with Crippen LogP contribution in [0.4, 0.5) is 0 Å². The number of para-hydroxylation sites is 2. The largest absolute Gasteiger partial charge is 0.479 e. The summed E-state index contributed by atoms with van der Waals surface area (Å²) in [6.07, 6.45) is 1.95. The predicted molar refractivity (Wildman–Crippen MR) is 88.2 cm³/mol. The summed E-state index contributed by atoms with van der Waals surface area (Å²) in [5, 5.41) is 20.9. The Balaban J connectivity index is 2.15. The molecule has 1 aromatic carbocycles. The molecule has 0 fully saturated rings. The third-order valence-corrected chi connectivity index (χ3v) is 3.95. The van der Waals surface area contributed by atoms with Crippen molar-refractivity contribution in [2.24, 2.45) is 0 Å². The third-order valence-electron chi connectivity index (χ3n) is 3.40. The number of carbonyl (C=O) groups excluding carboxylic acids is 1. The van der Waals surface area contributed by atoms with Crippen molar-refractivity contribution in [1.82, 2.24) is 14.9 Å². The minimum Gasteiger partial charge on any atom is -0.479 e. The molecule has 1 atom stereocenters. The highest BCUT2D eigenvalue weighted by Gasteiger charge is 2.30. The summed E-state index contributed by atoms with van der Waals surface area (Å²) >= 11 is 1.60. The topological polar surface area (TPSA) is 104 Å². The summed E-state index contributed by atoms with van der Waals surface area (Å²) in [4.78, 5) is 27.5. The second kappa shape index (κ2) is 7.01. The molecule has 0 saturated carbocycles. The second-order valence-electron chi connectivity index (χ2n) is 5.39. The maximum Gasteiger partial charge on any atom is 0.337 e. The van der Waals surface area contributed by atoms with Gasteiger partial charge in [0, 0.05) is 0 Å². The van der Waals surface area contributed by atoms with E-state index in [1.54, 1.807) is 16.3 Å². The van der Waals surface area contributed by atoms with E-state index in [1.807, 2.05) is 30.5 Å². The summed E-state index contributed by atoms with van der Waals surface area (Å²) in [5.41, 5.74) is -0.340. The number of aliphatic carboxylic acids is 1. The van der Waals surface area contributed by atoms with Crippen LogP contribution in [0.25, 0.3) is 11.0 Å². The molecule has 3 N–H and O–H groups in total. The lowest BCUT2D eigenvalue weighted by molar-refractivity contribution is -0.156. The summed E-state index contributed by atoms with van der Waals surface area (Å²) in [5.74, 6) is -0.320. The van der Waals surface area contributed by atoms with E-state index in [4.69, 9.17) is 5.11 Å². The highest BCUT2D eigenvalue weighted by molar-refractivity contribution is 7.97. The number of aliphatic hydroxyl groups is 1. The van der Waals surface area contributed by atoms with E-state index in [1.165, 1.54) is 0 Å². The first-order valence-electron chi connectivity index (χ1n) is 7.00. The quantitative estimate of drug-likeness (QED) is 0.692. The average molecular weight is 337 g/mol. The third kappa shape index (κ3) is 4.02. The summed E-state index contributed by atoms with van der Waals surface area (Å²) in [7, 11) is 0. The molecule has 1 heterocycles. The van der Waals surface area contributed by atoms with Gasteiger partial charge in [0.15, 0.2) is 5.60 Å². The number of hydrogen-bond donors (Lipinski definition) is 3. The van der Waals surface area contributed by atoms with Gasteiger partial charge in [-0.25, -0.2) is 9.78 Å². The minimum absolute atomic E-state index is 0.0199. The molecule has 1 aromatic heterocycles. The van der Waals surface area contributed by atoms with Crippen molar-refractivity contribution in [3.63, 3.8) is 0 Å². The number of amides is 1. The average Bonchev–Trinajstić information content (AvgIpc) is 2.83. The van der Waals surface area contributed by atoms with E-state index in [2.05, 4.69) is 10.3 Å². The molecule has 23 heavy (non-hydrogen) atoms. The number of fused-ring (bicyclic) bond motifs is 1. The van der Waals surface area contributed by atoms with Crippen LogP contribution in [0.15, 0.2) is 24.3 Å². The van der Waals surface area contributed by atoms with Crippen LogP contribution in [-0.2, 0) is 21.9 Å². The molecule has 0 aliphatic rings. The molecule has 8 heteroatoms. The number of benzene rings is 1.